The topological polar surface area (TPSA) is 38.5 Å². The molecule has 19 heavy (non-hydrogen) atoms. The summed E-state index contributed by atoms with van der Waals surface area (Å²) in [4.78, 5) is 2.17. The van der Waals surface area contributed by atoms with Crippen LogP contribution in [0.15, 0.2) is 18.2 Å². The predicted molar refractivity (Wildman–Crippen MR) is 67.6 cm³/mol. The molecule has 0 saturated carbocycles. The quantitative estimate of drug-likeness (QED) is 0.909. The van der Waals surface area contributed by atoms with E-state index < -0.39 is 11.6 Å². The van der Waals surface area contributed by atoms with Gasteiger partial charge in [-0.25, -0.2) is 8.78 Å². The van der Waals surface area contributed by atoms with Crippen molar-refractivity contribution in [2.24, 2.45) is 5.73 Å². The minimum Gasteiger partial charge on any atom is -0.372 e. The normalized spacial score (nSPS) is 28.6. The molecular formula is C14H18F2N2O. The third-order valence-electron chi connectivity index (χ3n) is 4.06. The van der Waals surface area contributed by atoms with Crippen molar-refractivity contribution in [2.75, 3.05) is 19.6 Å². The second-order valence-electron chi connectivity index (χ2n) is 5.33. The van der Waals surface area contributed by atoms with Gasteiger partial charge in [0.1, 0.15) is 11.6 Å². The van der Waals surface area contributed by atoms with E-state index in [0.29, 0.717) is 12.1 Å². The average Bonchev–Trinajstić information content (AvgIpc) is 2.72. The van der Waals surface area contributed by atoms with Gasteiger partial charge >= 0.3 is 0 Å². The van der Waals surface area contributed by atoms with Gasteiger partial charge in [-0.1, -0.05) is 6.07 Å². The van der Waals surface area contributed by atoms with Crippen molar-refractivity contribution in [2.45, 2.75) is 31.1 Å². The number of halogens is 2. The Hall–Kier alpha value is -1.04. The molecule has 5 heteroatoms. The fraction of sp³-hybridized carbons (Fsp3) is 0.571. The molecule has 2 saturated heterocycles. The molecule has 2 aliphatic heterocycles. The fourth-order valence-corrected chi connectivity index (χ4v) is 3.15. The number of fused-ring (bicyclic) bond motifs is 2. The zero-order valence-corrected chi connectivity index (χ0v) is 10.7. The lowest BCUT2D eigenvalue weighted by Gasteiger charge is -2.37. The third-order valence-corrected chi connectivity index (χ3v) is 4.06. The number of likely N-dealkylation sites (tertiary alicyclic amines) is 1. The smallest absolute Gasteiger partial charge is 0.130 e. The number of benzene rings is 1. The predicted octanol–water partition coefficient (Wildman–Crippen LogP) is 1.83. The number of morpholine rings is 1. The van der Waals surface area contributed by atoms with Crippen LogP contribution in [0.3, 0.4) is 0 Å². The molecule has 3 rings (SSSR count). The molecule has 2 fully saturated rings. The molecule has 1 aromatic rings. The lowest BCUT2D eigenvalue weighted by molar-refractivity contribution is -0.0525. The Labute approximate surface area is 111 Å². The van der Waals surface area contributed by atoms with E-state index in [9.17, 15) is 8.78 Å². The largest absolute Gasteiger partial charge is 0.372 e. The van der Waals surface area contributed by atoms with Crippen LogP contribution in [0.1, 0.15) is 24.4 Å². The Morgan fingerprint density at radius 2 is 1.95 bits per heavy atom. The van der Waals surface area contributed by atoms with Crippen molar-refractivity contribution < 1.29 is 13.5 Å². The van der Waals surface area contributed by atoms with Gasteiger partial charge in [-0.05, 0) is 18.9 Å². The van der Waals surface area contributed by atoms with Gasteiger partial charge in [0, 0.05) is 31.3 Å². The summed E-state index contributed by atoms with van der Waals surface area (Å²) in [5.41, 5.74) is 6.29. The first-order valence-electron chi connectivity index (χ1n) is 6.72. The van der Waals surface area contributed by atoms with Crippen LogP contribution in [0.25, 0.3) is 0 Å². The second kappa shape index (κ2) is 5.15. The summed E-state index contributed by atoms with van der Waals surface area (Å²) in [7, 11) is 0. The van der Waals surface area contributed by atoms with E-state index in [2.05, 4.69) is 4.90 Å². The van der Waals surface area contributed by atoms with E-state index in [1.807, 2.05) is 0 Å². The maximum atomic E-state index is 13.9. The van der Waals surface area contributed by atoms with Gasteiger partial charge < -0.3 is 10.5 Å². The number of hydrogen-bond acceptors (Lipinski definition) is 3. The molecule has 2 aliphatic rings. The Kier molecular flexibility index (Phi) is 3.52. The lowest BCUT2D eigenvalue weighted by Crippen LogP contribution is -2.46. The molecule has 3 unspecified atom stereocenters. The van der Waals surface area contributed by atoms with Gasteiger partial charge in [0.2, 0.25) is 0 Å². The van der Waals surface area contributed by atoms with Gasteiger partial charge in [-0.2, -0.15) is 0 Å². The number of nitrogens with two attached hydrogens (primary N) is 1. The highest BCUT2D eigenvalue weighted by molar-refractivity contribution is 5.23. The van der Waals surface area contributed by atoms with Gasteiger partial charge in [-0.15, -0.1) is 0 Å². The highest BCUT2D eigenvalue weighted by Gasteiger charge is 2.37. The Balaban J connectivity index is 1.83. The number of nitrogens with zero attached hydrogens (tertiary/aromatic N) is 1. The van der Waals surface area contributed by atoms with Crippen LogP contribution in [0.4, 0.5) is 8.78 Å². The number of rotatable bonds is 3. The number of ether oxygens (including phenoxy) is 1. The molecule has 3 atom stereocenters. The van der Waals surface area contributed by atoms with Crippen LogP contribution in [-0.4, -0.2) is 36.7 Å². The molecular weight excluding hydrogens is 250 g/mol. The van der Waals surface area contributed by atoms with Gasteiger partial charge in [0.25, 0.3) is 0 Å². The first kappa shape index (κ1) is 13.0. The van der Waals surface area contributed by atoms with Crippen molar-refractivity contribution in [3.05, 3.63) is 35.4 Å². The van der Waals surface area contributed by atoms with Gasteiger partial charge in [0.05, 0.1) is 18.2 Å². The monoisotopic (exact) mass is 268 g/mol. The van der Waals surface area contributed by atoms with Crippen LogP contribution in [0.5, 0.6) is 0 Å². The molecule has 1 aromatic carbocycles. The van der Waals surface area contributed by atoms with Crippen LogP contribution in [0, 0.1) is 11.6 Å². The zero-order chi connectivity index (χ0) is 13.4. The molecule has 0 amide bonds. The van der Waals surface area contributed by atoms with E-state index in [4.69, 9.17) is 10.5 Å². The van der Waals surface area contributed by atoms with Crippen molar-refractivity contribution in [3.8, 4) is 0 Å². The minimum atomic E-state index is -0.556. The summed E-state index contributed by atoms with van der Waals surface area (Å²) in [5.74, 6) is -1.08. The molecule has 0 spiro atoms. The third kappa shape index (κ3) is 2.50. The molecule has 2 heterocycles. The van der Waals surface area contributed by atoms with Crippen molar-refractivity contribution in [1.29, 1.82) is 0 Å². The van der Waals surface area contributed by atoms with E-state index in [0.717, 1.165) is 32.0 Å². The Morgan fingerprint density at radius 1 is 1.26 bits per heavy atom. The second-order valence-corrected chi connectivity index (χ2v) is 5.33. The summed E-state index contributed by atoms with van der Waals surface area (Å²) in [5, 5.41) is 0. The van der Waals surface area contributed by atoms with Crippen LogP contribution >= 0.6 is 0 Å². The zero-order valence-electron chi connectivity index (χ0n) is 10.7. The average molecular weight is 268 g/mol. The first-order valence-corrected chi connectivity index (χ1v) is 6.72. The van der Waals surface area contributed by atoms with Crippen LogP contribution < -0.4 is 5.73 Å². The van der Waals surface area contributed by atoms with Gasteiger partial charge in [0.15, 0.2) is 0 Å². The molecule has 104 valence electrons. The highest BCUT2D eigenvalue weighted by Crippen LogP contribution is 2.32. The van der Waals surface area contributed by atoms with Crippen LogP contribution in [-0.2, 0) is 4.74 Å². The highest BCUT2D eigenvalue weighted by atomic mass is 19.1. The molecule has 0 aromatic heterocycles. The van der Waals surface area contributed by atoms with E-state index >= 15 is 0 Å². The summed E-state index contributed by atoms with van der Waals surface area (Å²) >= 11 is 0. The maximum Gasteiger partial charge on any atom is 0.130 e. The van der Waals surface area contributed by atoms with E-state index in [1.165, 1.54) is 12.1 Å². The van der Waals surface area contributed by atoms with Crippen molar-refractivity contribution in [1.82, 2.24) is 4.90 Å². The number of hydrogen-bond donors (Lipinski definition) is 1. The molecule has 0 aliphatic carbocycles. The summed E-state index contributed by atoms with van der Waals surface area (Å²) in [6.45, 7) is 1.87. The summed E-state index contributed by atoms with van der Waals surface area (Å²) in [6.07, 6.45) is 2.59. The summed E-state index contributed by atoms with van der Waals surface area (Å²) in [6, 6.07) is 3.51. The molecule has 2 bridgehead atoms. The Morgan fingerprint density at radius 3 is 2.53 bits per heavy atom. The minimum absolute atomic E-state index is 0.201. The summed E-state index contributed by atoms with van der Waals surface area (Å²) < 4.78 is 32.7. The molecule has 0 radical (unpaired) electrons. The van der Waals surface area contributed by atoms with E-state index in [-0.39, 0.29) is 18.2 Å². The molecule has 3 nitrogen and oxygen atoms in total. The fourth-order valence-electron chi connectivity index (χ4n) is 3.15. The Bertz CT molecular complexity index is 457. The lowest BCUT2D eigenvalue weighted by atomic mass is 10.0. The van der Waals surface area contributed by atoms with E-state index in [1.54, 1.807) is 0 Å². The standard InChI is InChI=1S/C14H18F2N2O/c15-9-1-4-12(13(16)5-9)14(6-17)18-7-10-2-3-11(8-18)19-10/h1,4-5,10-11,14H,2-3,6-8,17H2. The van der Waals surface area contributed by atoms with Crippen molar-refractivity contribution >= 4 is 0 Å². The SMILES string of the molecule is NCC(c1ccc(F)cc1F)N1CC2CCC(C1)O2. The first-order chi connectivity index (χ1) is 9.17. The van der Waals surface area contributed by atoms with Crippen LogP contribution in [0.2, 0.25) is 0 Å². The van der Waals surface area contributed by atoms with Crippen molar-refractivity contribution in [3.63, 3.8) is 0 Å². The van der Waals surface area contributed by atoms with Gasteiger partial charge in [-0.3, -0.25) is 4.90 Å². The maximum absolute atomic E-state index is 13.9. The molecule has 2 N–H and O–H groups in total.